The lowest BCUT2D eigenvalue weighted by Gasteiger charge is -2.56. The first-order valence-corrected chi connectivity index (χ1v) is 7.56. The predicted molar refractivity (Wildman–Crippen MR) is 78.7 cm³/mol. The molecule has 0 bridgehead atoms. The van der Waals surface area contributed by atoms with Crippen molar-refractivity contribution in [1.29, 1.82) is 0 Å². The summed E-state index contributed by atoms with van der Waals surface area (Å²) in [4.78, 5) is 0. The number of piperidine rings is 1. The van der Waals surface area contributed by atoms with Gasteiger partial charge in [-0.2, -0.15) is 0 Å². The molecule has 0 spiro atoms. The van der Waals surface area contributed by atoms with Gasteiger partial charge in [0, 0.05) is 12.0 Å². The van der Waals surface area contributed by atoms with Crippen LogP contribution in [0.4, 0.5) is 0 Å². The number of nitrogens with one attached hydrogen (secondary N) is 1. The molecule has 0 amide bonds. The van der Waals surface area contributed by atoms with Gasteiger partial charge in [-0.15, -0.1) is 0 Å². The summed E-state index contributed by atoms with van der Waals surface area (Å²) in [6.45, 7) is 4.79. The third-order valence-electron chi connectivity index (χ3n) is 5.60. The van der Waals surface area contributed by atoms with Crippen molar-refractivity contribution >= 4 is 0 Å². The lowest BCUT2D eigenvalue weighted by atomic mass is 9.51. The molecule has 3 rings (SSSR count). The van der Waals surface area contributed by atoms with Crippen LogP contribution in [-0.2, 0) is 5.41 Å². The van der Waals surface area contributed by atoms with E-state index in [2.05, 4.69) is 36.5 Å². The van der Waals surface area contributed by atoms with E-state index >= 15 is 0 Å². The minimum Gasteiger partial charge on any atom is -0.497 e. The number of rotatable bonds is 2. The van der Waals surface area contributed by atoms with Gasteiger partial charge in [-0.25, -0.2) is 0 Å². The SMILES string of the molecule is COc1cccc([C@]23CCCC[C@@]2(C)CNCC3)c1. The van der Waals surface area contributed by atoms with E-state index in [0.717, 1.165) is 18.8 Å². The molecule has 2 aliphatic rings. The van der Waals surface area contributed by atoms with Gasteiger partial charge in [0.1, 0.15) is 5.75 Å². The second-order valence-corrected chi connectivity index (χ2v) is 6.51. The molecule has 1 heterocycles. The van der Waals surface area contributed by atoms with Crippen LogP contribution in [0.5, 0.6) is 5.75 Å². The summed E-state index contributed by atoms with van der Waals surface area (Å²) >= 11 is 0. The number of hydrogen-bond donors (Lipinski definition) is 1. The fourth-order valence-electron chi connectivity index (χ4n) is 4.39. The zero-order valence-corrected chi connectivity index (χ0v) is 12.2. The van der Waals surface area contributed by atoms with E-state index in [9.17, 15) is 0 Å². The Morgan fingerprint density at radius 3 is 2.84 bits per heavy atom. The van der Waals surface area contributed by atoms with Crippen LogP contribution in [0.25, 0.3) is 0 Å². The average molecular weight is 259 g/mol. The number of ether oxygens (including phenoxy) is 1. The first-order chi connectivity index (χ1) is 9.20. The average Bonchev–Trinajstić information content (AvgIpc) is 2.46. The van der Waals surface area contributed by atoms with Crippen molar-refractivity contribution in [2.75, 3.05) is 20.2 Å². The summed E-state index contributed by atoms with van der Waals surface area (Å²) in [6, 6.07) is 8.80. The molecule has 1 aromatic carbocycles. The van der Waals surface area contributed by atoms with E-state index in [0.29, 0.717) is 10.8 Å². The first-order valence-electron chi connectivity index (χ1n) is 7.56. The highest BCUT2D eigenvalue weighted by molar-refractivity contribution is 5.37. The summed E-state index contributed by atoms with van der Waals surface area (Å²) in [5.41, 5.74) is 2.25. The largest absolute Gasteiger partial charge is 0.497 e. The van der Waals surface area contributed by atoms with Gasteiger partial charge in [-0.05, 0) is 48.9 Å². The number of hydrogen-bond acceptors (Lipinski definition) is 2. The maximum absolute atomic E-state index is 5.44. The van der Waals surface area contributed by atoms with Gasteiger partial charge in [0.25, 0.3) is 0 Å². The maximum atomic E-state index is 5.44. The molecule has 2 heteroatoms. The molecule has 2 atom stereocenters. The topological polar surface area (TPSA) is 21.3 Å². The smallest absolute Gasteiger partial charge is 0.119 e. The Balaban J connectivity index is 2.06. The molecule has 2 fully saturated rings. The predicted octanol–water partition coefficient (Wildman–Crippen LogP) is 3.51. The summed E-state index contributed by atoms with van der Waals surface area (Å²) in [5, 5.41) is 3.62. The van der Waals surface area contributed by atoms with Crippen LogP contribution in [0.15, 0.2) is 24.3 Å². The summed E-state index contributed by atoms with van der Waals surface area (Å²) in [5.74, 6) is 0.998. The number of fused-ring (bicyclic) bond motifs is 1. The second kappa shape index (κ2) is 4.82. The lowest BCUT2D eigenvalue weighted by Crippen LogP contribution is -2.56. The molecule has 104 valence electrons. The molecule has 1 aliphatic heterocycles. The van der Waals surface area contributed by atoms with Crippen LogP contribution in [0.3, 0.4) is 0 Å². The van der Waals surface area contributed by atoms with E-state index in [-0.39, 0.29) is 0 Å². The van der Waals surface area contributed by atoms with E-state index in [1.807, 2.05) is 0 Å². The zero-order chi connectivity index (χ0) is 13.3. The van der Waals surface area contributed by atoms with Crippen LogP contribution in [0, 0.1) is 5.41 Å². The molecule has 1 saturated heterocycles. The molecule has 0 aromatic heterocycles. The normalized spacial score (nSPS) is 34.6. The molecule has 2 nitrogen and oxygen atoms in total. The molecule has 1 aliphatic carbocycles. The Bertz CT molecular complexity index is 442. The van der Waals surface area contributed by atoms with Crippen molar-refractivity contribution < 1.29 is 4.74 Å². The first kappa shape index (κ1) is 13.0. The molecule has 1 N–H and O–H groups in total. The Kier molecular flexibility index (Phi) is 3.30. The Labute approximate surface area is 116 Å². The number of benzene rings is 1. The van der Waals surface area contributed by atoms with Gasteiger partial charge >= 0.3 is 0 Å². The zero-order valence-electron chi connectivity index (χ0n) is 12.2. The minimum atomic E-state index is 0.352. The van der Waals surface area contributed by atoms with Crippen molar-refractivity contribution in [1.82, 2.24) is 5.32 Å². The van der Waals surface area contributed by atoms with Crippen LogP contribution in [0.2, 0.25) is 0 Å². The Hall–Kier alpha value is -1.02. The molecule has 19 heavy (non-hydrogen) atoms. The second-order valence-electron chi connectivity index (χ2n) is 6.51. The monoisotopic (exact) mass is 259 g/mol. The molecular weight excluding hydrogens is 234 g/mol. The fraction of sp³-hybridized carbons (Fsp3) is 0.647. The van der Waals surface area contributed by atoms with E-state index in [1.165, 1.54) is 37.7 Å². The van der Waals surface area contributed by atoms with Gasteiger partial charge in [0.15, 0.2) is 0 Å². The summed E-state index contributed by atoms with van der Waals surface area (Å²) < 4.78 is 5.44. The molecule has 1 saturated carbocycles. The third-order valence-corrected chi connectivity index (χ3v) is 5.60. The Morgan fingerprint density at radius 1 is 1.16 bits per heavy atom. The summed E-state index contributed by atoms with van der Waals surface area (Å²) in [6.07, 6.45) is 6.68. The van der Waals surface area contributed by atoms with Crippen molar-refractivity contribution in [2.24, 2.45) is 5.41 Å². The molecule has 0 radical (unpaired) electrons. The highest BCUT2D eigenvalue weighted by Gasteiger charge is 2.51. The molecule has 1 aromatic rings. The highest BCUT2D eigenvalue weighted by Crippen LogP contribution is 2.55. The van der Waals surface area contributed by atoms with E-state index in [1.54, 1.807) is 7.11 Å². The van der Waals surface area contributed by atoms with E-state index in [4.69, 9.17) is 4.74 Å². The van der Waals surface area contributed by atoms with Crippen molar-refractivity contribution in [2.45, 2.75) is 44.4 Å². The van der Waals surface area contributed by atoms with E-state index < -0.39 is 0 Å². The van der Waals surface area contributed by atoms with Crippen LogP contribution >= 0.6 is 0 Å². The van der Waals surface area contributed by atoms with Gasteiger partial charge in [-0.3, -0.25) is 0 Å². The lowest BCUT2D eigenvalue weighted by molar-refractivity contribution is 0.0396. The van der Waals surface area contributed by atoms with Crippen molar-refractivity contribution in [3.63, 3.8) is 0 Å². The third kappa shape index (κ3) is 1.97. The van der Waals surface area contributed by atoms with Gasteiger partial charge < -0.3 is 10.1 Å². The van der Waals surface area contributed by atoms with Gasteiger partial charge in [0.2, 0.25) is 0 Å². The highest BCUT2D eigenvalue weighted by atomic mass is 16.5. The van der Waals surface area contributed by atoms with Gasteiger partial charge in [0.05, 0.1) is 7.11 Å². The maximum Gasteiger partial charge on any atom is 0.119 e. The Morgan fingerprint density at radius 2 is 2.00 bits per heavy atom. The minimum absolute atomic E-state index is 0.352. The van der Waals surface area contributed by atoms with Crippen molar-refractivity contribution in [3.8, 4) is 5.75 Å². The quantitative estimate of drug-likeness (QED) is 0.877. The van der Waals surface area contributed by atoms with Gasteiger partial charge in [-0.1, -0.05) is 31.9 Å². The van der Waals surface area contributed by atoms with Crippen LogP contribution < -0.4 is 10.1 Å². The van der Waals surface area contributed by atoms with Crippen molar-refractivity contribution in [3.05, 3.63) is 29.8 Å². The standard InChI is InChI=1S/C17H25NO/c1-16-8-3-4-9-17(16,10-11-18-13-16)14-6-5-7-15(12-14)19-2/h5-7,12,18H,3-4,8-11,13H2,1-2H3/t16-,17+/m0/s1. The molecular formula is C17H25NO. The van der Waals surface area contributed by atoms with Crippen LogP contribution in [-0.4, -0.2) is 20.2 Å². The summed E-state index contributed by atoms with van der Waals surface area (Å²) in [7, 11) is 1.76. The van der Waals surface area contributed by atoms with Crippen LogP contribution in [0.1, 0.15) is 44.6 Å². The number of methoxy groups -OCH3 is 1. The molecule has 0 unspecified atom stereocenters. The fourth-order valence-corrected chi connectivity index (χ4v) is 4.39.